The number of rotatable bonds is 4. The van der Waals surface area contributed by atoms with Crippen LogP contribution in [0.4, 0.5) is 13.2 Å². The van der Waals surface area contributed by atoms with Crippen LogP contribution in [0, 0.1) is 5.41 Å². The molecule has 0 saturated carbocycles. The number of hydrogen-bond donors (Lipinski definition) is 0. The number of ether oxygens (including phenoxy) is 2. The summed E-state index contributed by atoms with van der Waals surface area (Å²) in [6.45, 7) is 7.07. The monoisotopic (exact) mass is 304 g/mol. The van der Waals surface area contributed by atoms with Crippen molar-refractivity contribution in [1.82, 2.24) is 0 Å². The van der Waals surface area contributed by atoms with Crippen molar-refractivity contribution in [2.24, 2.45) is 5.41 Å². The van der Waals surface area contributed by atoms with E-state index < -0.39 is 11.8 Å². The molecule has 0 radical (unpaired) electrons. The third kappa shape index (κ3) is 6.06. The molecule has 21 heavy (non-hydrogen) atoms. The Bertz CT molecular complexity index is 490. The maximum atomic E-state index is 12.2. The molecule has 1 aromatic rings. The van der Waals surface area contributed by atoms with Crippen molar-refractivity contribution in [1.29, 1.82) is 0 Å². The first-order valence-electron chi connectivity index (χ1n) is 6.52. The molecular weight excluding hydrogens is 285 g/mol. The van der Waals surface area contributed by atoms with Gasteiger partial charge in [-0.25, -0.2) is 0 Å². The molecule has 0 aliphatic heterocycles. The van der Waals surface area contributed by atoms with Gasteiger partial charge in [-0.1, -0.05) is 19.1 Å². The summed E-state index contributed by atoms with van der Waals surface area (Å²) in [7, 11) is 0. The topological polar surface area (TPSA) is 35.5 Å². The van der Waals surface area contributed by atoms with Gasteiger partial charge in [0.25, 0.3) is 0 Å². The van der Waals surface area contributed by atoms with Crippen molar-refractivity contribution in [3.8, 4) is 5.75 Å². The smallest absolute Gasteiger partial charge is 0.465 e. The van der Waals surface area contributed by atoms with Gasteiger partial charge >= 0.3 is 12.3 Å². The first kappa shape index (κ1) is 17.3. The van der Waals surface area contributed by atoms with Crippen LogP contribution in [0.1, 0.15) is 39.2 Å². The molecule has 0 aliphatic rings. The number of alkyl halides is 3. The Morgan fingerprint density at radius 3 is 2.38 bits per heavy atom. The standard InChI is InChI=1S/C15H19F3O3/c1-10(9-20-13(19)14(2,3)4)11-6-5-7-12(8-11)21-15(16,17)18/h5-8,10H,9H2,1-4H3. The van der Waals surface area contributed by atoms with Crippen molar-refractivity contribution >= 4 is 5.97 Å². The number of carbonyl (C=O) groups excluding carboxylic acids is 1. The average molecular weight is 304 g/mol. The quantitative estimate of drug-likeness (QED) is 0.779. The minimum Gasteiger partial charge on any atom is -0.465 e. The van der Waals surface area contributed by atoms with Crippen LogP contribution in [-0.4, -0.2) is 18.9 Å². The van der Waals surface area contributed by atoms with Crippen molar-refractivity contribution < 1.29 is 27.4 Å². The Morgan fingerprint density at radius 1 is 1.24 bits per heavy atom. The fraction of sp³-hybridized carbons (Fsp3) is 0.533. The lowest BCUT2D eigenvalue weighted by molar-refractivity contribution is -0.274. The van der Waals surface area contributed by atoms with E-state index in [0.29, 0.717) is 5.56 Å². The van der Waals surface area contributed by atoms with Crippen LogP contribution in [0.3, 0.4) is 0 Å². The number of benzene rings is 1. The zero-order chi connectivity index (χ0) is 16.3. The summed E-state index contributed by atoms with van der Waals surface area (Å²) in [5.41, 5.74) is -0.000471. The number of halogens is 3. The van der Waals surface area contributed by atoms with E-state index >= 15 is 0 Å². The summed E-state index contributed by atoms with van der Waals surface area (Å²) in [6.07, 6.45) is -4.72. The fourth-order valence-corrected chi connectivity index (χ4v) is 1.53. The molecule has 0 spiro atoms. The third-order valence-electron chi connectivity index (χ3n) is 2.74. The number of carbonyl (C=O) groups is 1. The van der Waals surface area contributed by atoms with Crippen molar-refractivity contribution in [2.45, 2.75) is 40.0 Å². The summed E-state index contributed by atoms with van der Waals surface area (Å²) in [4.78, 5) is 11.7. The first-order chi connectivity index (χ1) is 9.49. The molecule has 1 unspecified atom stereocenters. The highest BCUT2D eigenvalue weighted by Crippen LogP contribution is 2.26. The molecule has 0 bridgehead atoms. The van der Waals surface area contributed by atoms with Crippen LogP contribution in [0.5, 0.6) is 5.75 Å². The number of esters is 1. The second-order valence-corrected chi connectivity index (χ2v) is 5.87. The van der Waals surface area contributed by atoms with Gasteiger partial charge in [0.05, 0.1) is 12.0 Å². The maximum Gasteiger partial charge on any atom is 0.573 e. The van der Waals surface area contributed by atoms with Crippen LogP contribution in [0.25, 0.3) is 0 Å². The highest BCUT2D eigenvalue weighted by molar-refractivity contribution is 5.75. The van der Waals surface area contributed by atoms with Crippen molar-refractivity contribution in [3.63, 3.8) is 0 Å². The van der Waals surface area contributed by atoms with Gasteiger partial charge in [0.15, 0.2) is 0 Å². The van der Waals surface area contributed by atoms with Gasteiger partial charge < -0.3 is 9.47 Å². The first-order valence-corrected chi connectivity index (χ1v) is 6.52. The van der Waals surface area contributed by atoms with Crippen LogP contribution >= 0.6 is 0 Å². The zero-order valence-corrected chi connectivity index (χ0v) is 12.5. The van der Waals surface area contributed by atoms with E-state index in [0.717, 1.165) is 0 Å². The molecule has 0 amide bonds. The molecular formula is C15H19F3O3. The summed E-state index contributed by atoms with van der Waals surface area (Å²) < 4.78 is 45.5. The molecule has 0 aliphatic carbocycles. The predicted octanol–water partition coefficient (Wildman–Crippen LogP) is 4.28. The Kier molecular flexibility index (Phi) is 5.25. The van der Waals surface area contributed by atoms with Gasteiger partial charge in [0.1, 0.15) is 5.75 Å². The van der Waals surface area contributed by atoms with Gasteiger partial charge in [-0.15, -0.1) is 13.2 Å². The lowest BCUT2D eigenvalue weighted by atomic mass is 9.97. The average Bonchev–Trinajstić information content (AvgIpc) is 2.32. The van der Waals surface area contributed by atoms with E-state index in [1.807, 2.05) is 0 Å². The minimum atomic E-state index is -4.72. The maximum absolute atomic E-state index is 12.2. The lowest BCUT2D eigenvalue weighted by Crippen LogP contribution is -2.24. The van der Waals surface area contributed by atoms with E-state index in [-0.39, 0.29) is 24.2 Å². The van der Waals surface area contributed by atoms with Crippen LogP contribution in [0.2, 0.25) is 0 Å². The molecule has 3 nitrogen and oxygen atoms in total. The van der Waals surface area contributed by atoms with Gasteiger partial charge in [-0.05, 0) is 38.5 Å². The summed E-state index contributed by atoms with van der Waals surface area (Å²) in [5.74, 6) is -0.862. The Labute approximate surface area is 122 Å². The second kappa shape index (κ2) is 6.37. The highest BCUT2D eigenvalue weighted by atomic mass is 19.4. The molecule has 0 aromatic heterocycles. The molecule has 6 heteroatoms. The van der Waals surface area contributed by atoms with Gasteiger partial charge in [0.2, 0.25) is 0 Å². The normalized spacial score (nSPS) is 13.7. The Balaban J connectivity index is 2.68. The highest BCUT2D eigenvalue weighted by Gasteiger charge is 2.31. The lowest BCUT2D eigenvalue weighted by Gasteiger charge is -2.19. The summed E-state index contributed by atoms with van der Waals surface area (Å²) in [5, 5.41) is 0. The molecule has 1 atom stereocenters. The minimum absolute atomic E-state index is 0.103. The summed E-state index contributed by atoms with van der Waals surface area (Å²) >= 11 is 0. The van der Waals surface area contributed by atoms with Crippen molar-refractivity contribution in [3.05, 3.63) is 29.8 Å². The largest absolute Gasteiger partial charge is 0.573 e. The van der Waals surface area contributed by atoms with Crippen LogP contribution < -0.4 is 4.74 Å². The van der Waals surface area contributed by atoms with E-state index in [1.54, 1.807) is 33.8 Å². The summed E-state index contributed by atoms with van der Waals surface area (Å²) in [6, 6.07) is 5.66. The van der Waals surface area contributed by atoms with Crippen LogP contribution in [-0.2, 0) is 9.53 Å². The zero-order valence-electron chi connectivity index (χ0n) is 12.5. The second-order valence-electron chi connectivity index (χ2n) is 5.87. The van der Waals surface area contributed by atoms with Crippen LogP contribution in [0.15, 0.2) is 24.3 Å². The molecule has 0 saturated heterocycles. The molecule has 118 valence electrons. The third-order valence-corrected chi connectivity index (χ3v) is 2.74. The van der Waals surface area contributed by atoms with E-state index in [1.165, 1.54) is 18.2 Å². The molecule has 0 fully saturated rings. The SMILES string of the molecule is CC(COC(=O)C(C)(C)C)c1cccc(OC(F)(F)F)c1. The molecule has 1 aromatic carbocycles. The Hall–Kier alpha value is -1.72. The Morgan fingerprint density at radius 2 is 1.86 bits per heavy atom. The fourth-order valence-electron chi connectivity index (χ4n) is 1.53. The van der Waals surface area contributed by atoms with Gasteiger partial charge in [-0.2, -0.15) is 0 Å². The van der Waals surface area contributed by atoms with E-state index in [9.17, 15) is 18.0 Å². The van der Waals surface area contributed by atoms with Crippen molar-refractivity contribution in [2.75, 3.05) is 6.61 Å². The van der Waals surface area contributed by atoms with Gasteiger partial charge in [-0.3, -0.25) is 4.79 Å². The van der Waals surface area contributed by atoms with E-state index in [4.69, 9.17) is 4.74 Å². The molecule has 0 N–H and O–H groups in total. The van der Waals surface area contributed by atoms with E-state index in [2.05, 4.69) is 4.74 Å². The number of hydrogen-bond acceptors (Lipinski definition) is 3. The predicted molar refractivity (Wildman–Crippen MR) is 72.0 cm³/mol. The van der Waals surface area contributed by atoms with Gasteiger partial charge in [0, 0.05) is 5.92 Å². The molecule has 0 heterocycles. The molecule has 1 rings (SSSR count).